The van der Waals surface area contributed by atoms with Gasteiger partial charge in [0.05, 0.1) is 13.7 Å². The fourth-order valence-electron chi connectivity index (χ4n) is 2.61. The monoisotopic (exact) mass is 212 g/mol. The highest BCUT2D eigenvalue weighted by molar-refractivity contribution is 5.71. The van der Waals surface area contributed by atoms with E-state index in [2.05, 4.69) is 14.5 Å². The lowest BCUT2D eigenvalue weighted by Crippen LogP contribution is -2.36. The molecular weight excluding hydrogens is 192 g/mol. The molecule has 2 aliphatic rings. The summed E-state index contributed by atoms with van der Waals surface area (Å²) < 4.78 is 4.68. The zero-order valence-electron chi connectivity index (χ0n) is 9.45. The minimum absolute atomic E-state index is 0.114. The molecule has 1 atom stereocenters. The number of nitrogens with zero attached hydrogens (tertiary/aromatic N) is 2. The molecule has 2 saturated heterocycles. The van der Waals surface area contributed by atoms with Gasteiger partial charge < -0.3 is 4.74 Å². The second-order valence-electron chi connectivity index (χ2n) is 4.50. The molecule has 4 nitrogen and oxygen atoms in total. The third-order valence-electron chi connectivity index (χ3n) is 3.48. The van der Waals surface area contributed by atoms with Gasteiger partial charge in [0.15, 0.2) is 0 Å². The number of hydrogen-bond acceptors (Lipinski definition) is 4. The van der Waals surface area contributed by atoms with Crippen molar-refractivity contribution < 1.29 is 9.53 Å². The Labute approximate surface area is 91.2 Å². The Morgan fingerprint density at radius 3 is 2.73 bits per heavy atom. The highest BCUT2D eigenvalue weighted by Crippen LogP contribution is 2.19. The molecule has 0 amide bonds. The lowest BCUT2D eigenvalue weighted by atomic mass is 10.2. The summed E-state index contributed by atoms with van der Waals surface area (Å²) in [5, 5.41) is 0. The minimum atomic E-state index is -0.114. The summed E-state index contributed by atoms with van der Waals surface area (Å²) >= 11 is 0. The molecule has 0 aliphatic carbocycles. The number of esters is 1. The fourth-order valence-corrected chi connectivity index (χ4v) is 2.61. The van der Waals surface area contributed by atoms with Gasteiger partial charge in [0.1, 0.15) is 0 Å². The summed E-state index contributed by atoms with van der Waals surface area (Å²) in [6.07, 6.45) is 3.89. The zero-order valence-corrected chi connectivity index (χ0v) is 9.45. The van der Waals surface area contributed by atoms with Crippen molar-refractivity contribution in [2.45, 2.75) is 25.3 Å². The Balaban J connectivity index is 1.76. The number of carbonyl (C=O) groups excluding carboxylic acids is 1. The lowest BCUT2D eigenvalue weighted by Gasteiger charge is -2.23. The van der Waals surface area contributed by atoms with Gasteiger partial charge in [-0.15, -0.1) is 0 Å². The van der Waals surface area contributed by atoms with Crippen LogP contribution in [-0.2, 0) is 9.53 Å². The highest BCUT2D eigenvalue weighted by atomic mass is 16.5. The van der Waals surface area contributed by atoms with Crippen LogP contribution in [0.3, 0.4) is 0 Å². The summed E-state index contributed by atoms with van der Waals surface area (Å²) in [4.78, 5) is 15.9. The van der Waals surface area contributed by atoms with Crippen LogP contribution < -0.4 is 0 Å². The Morgan fingerprint density at radius 2 is 2.07 bits per heavy atom. The normalized spacial score (nSPS) is 28.5. The Morgan fingerprint density at radius 1 is 1.33 bits per heavy atom. The summed E-state index contributed by atoms with van der Waals surface area (Å²) in [6.45, 7) is 5.03. The van der Waals surface area contributed by atoms with Crippen molar-refractivity contribution >= 4 is 5.97 Å². The van der Waals surface area contributed by atoms with Crippen LogP contribution in [0, 0.1) is 0 Å². The van der Waals surface area contributed by atoms with E-state index in [1.807, 2.05) is 0 Å². The smallest absolute Gasteiger partial charge is 0.319 e. The molecular formula is C11H20N2O2. The van der Waals surface area contributed by atoms with Crippen LogP contribution in [0.25, 0.3) is 0 Å². The third kappa shape index (κ3) is 2.69. The van der Waals surface area contributed by atoms with Gasteiger partial charge in [-0.1, -0.05) is 0 Å². The first-order valence-electron chi connectivity index (χ1n) is 5.83. The highest BCUT2D eigenvalue weighted by Gasteiger charge is 2.29. The van der Waals surface area contributed by atoms with Crippen molar-refractivity contribution in [1.82, 2.24) is 9.80 Å². The Hall–Kier alpha value is -0.610. The summed E-state index contributed by atoms with van der Waals surface area (Å²) in [5.41, 5.74) is 0. The molecule has 0 aromatic rings. The van der Waals surface area contributed by atoms with E-state index in [4.69, 9.17) is 0 Å². The van der Waals surface area contributed by atoms with Crippen LogP contribution >= 0.6 is 0 Å². The first-order valence-corrected chi connectivity index (χ1v) is 5.83. The van der Waals surface area contributed by atoms with Gasteiger partial charge in [-0.2, -0.15) is 0 Å². The average molecular weight is 212 g/mol. The molecule has 0 saturated carbocycles. The zero-order chi connectivity index (χ0) is 10.7. The second-order valence-corrected chi connectivity index (χ2v) is 4.50. The molecule has 86 valence electrons. The van der Waals surface area contributed by atoms with E-state index in [9.17, 15) is 4.79 Å². The van der Waals surface area contributed by atoms with Crippen LogP contribution in [0.2, 0.25) is 0 Å². The predicted molar refractivity (Wildman–Crippen MR) is 57.7 cm³/mol. The third-order valence-corrected chi connectivity index (χ3v) is 3.48. The molecule has 2 aliphatic heterocycles. The Bertz CT molecular complexity index is 227. The molecule has 2 heterocycles. The number of methoxy groups -OCH3 is 1. The van der Waals surface area contributed by atoms with Gasteiger partial charge in [-0.25, -0.2) is 0 Å². The molecule has 0 aromatic heterocycles. The molecule has 0 spiro atoms. The number of rotatable bonds is 3. The summed E-state index contributed by atoms with van der Waals surface area (Å²) in [5.74, 6) is -0.114. The van der Waals surface area contributed by atoms with Crippen molar-refractivity contribution in [2.24, 2.45) is 0 Å². The maximum Gasteiger partial charge on any atom is 0.319 e. The number of carbonyl (C=O) groups is 1. The summed E-state index contributed by atoms with van der Waals surface area (Å²) in [7, 11) is 1.45. The van der Waals surface area contributed by atoms with E-state index in [-0.39, 0.29) is 5.97 Å². The minimum Gasteiger partial charge on any atom is -0.468 e. The first kappa shape index (κ1) is 10.9. The van der Waals surface area contributed by atoms with E-state index in [0.717, 1.165) is 13.1 Å². The van der Waals surface area contributed by atoms with Crippen molar-refractivity contribution in [3.63, 3.8) is 0 Å². The van der Waals surface area contributed by atoms with Crippen LogP contribution in [0.5, 0.6) is 0 Å². The number of likely N-dealkylation sites (tertiary alicyclic amines) is 2. The van der Waals surface area contributed by atoms with E-state index in [1.54, 1.807) is 0 Å². The van der Waals surface area contributed by atoms with Gasteiger partial charge >= 0.3 is 5.97 Å². The maximum atomic E-state index is 11.1. The van der Waals surface area contributed by atoms with Crippen molar-refractivity contribution in [3.05, 3.63) is 0 Å². The predicted octanol–water partition coefficient (Wildman–Crippen LogP) is 0.329. The molecule has 2 rings (SSSR count). The van der Waals surface area contributed by atoms with E-state index in [0.29, 0.717) is 12.6 Å². The number of hydrogen-bond donors (Lipinski definition) is 0. The SMILES string of the molecule is COC(=O)CN1CCC(N2CCCC2)C1. The van der Waals surface area contributed by atoms with Gasteiger partial charge in [0.2, 0.25) is 0 Å². The van der Waals surface area contributed by atoms with Gasteiger partial charge in [-0.05, 0) is 32.4 Å². The molecule has 1 unspecified atom stereocenters. The second kappa shape index (κ2) is 4.94. The first-order chi connectivity index (χ1) is 7.29. The molecule has 15 heavy (non-hydrogen) atoms. The van der Waals surface area contributed by atoms with Gasteiger partial charge in [0, 0.05) is 19.1 Å². The topological polar surface area (TPSA) is 32.8 Å². The van der Waals surface area contributed by atoms with E-state index >= 15 is 0 Å². The molecule has 0 N–H and O–H groups in total. The quantitative estimate of drug-likeness (QED) is 0.631. The molecule has 4 heteroatoms. The lowest BCUT2D eigenvalue weighted by molar-refractivity contribution is -0.141. The fraction of sp³-hybridized carbons (Fsp3) is 0.909. The van der Waals surface area contributed by atoms with Crippen molar-refractivity contribution in [1.29, 1.82) is 0 Å². The summed E-state index contributed by atoms with van der Waals surface area (Å²) in [6, 6.07) is 0.678. The molecule has 0 radical (unpaired) electrons. The van der Waals surface area contributed by atoms with E-state index in [1.165, 1.54) is 39.5 Å². The van der Waals surface area contributed by atoms with Crippen LogP contribution in [0.4, 0.5) is 0 Å². The standard InChI is InChI=1S/C11H20N2O2/c1-15-11(14)9-12-7-4-10(8-12)13-5-2-3-6-13/h10H,2-9H2,1H3. The van der Waals surface area contributed by atoms with Crippen LogP contribution in [0.15, 0.2) is 0 Å². The Kier molecular flexibility index (Phi) is 3.59. The molecule has 2 fully saturated rings. The van der Waals surface area contributed by atoms with Crippen LogP contribution in [-0.4, -0.2) is 61.6 Å². The maximum absolute atomic E-state index is 11.1. The van der Waals surface area contributed by atoms with E-state index < -0.39 is 0 Å². The van der Waals surface area contributed by atoms with Crippen LogP contribution in [0.1, 0.15) is 19.3 Å². The van der Waals surface area contributed by atoms with Gasteiger partial charge in [0.25, 0.3) is 0 Å². The molecule has 0 bridgehead atoms. The molecule has 0 aromatic carbocycles. The van der Waals surface area contributed by atoms with Gasteiger partial charge in [-0.3, -0.25) is 14.6 Å². The largest absolute Gasteiger partial charge is 0.468 e. The van der Waals surface area contributed by atoms with Crippen molar-refractivity contribution in [2.75, 3.05) is 39.8 Å². The van der Waals surface area contributed by atoms with Crippen molar-refractivity contribution in [3.8, 4) is 0 Å². The number of ether oxygens (including phenoxy) is 1. The average Bonchev–Trinajstić information content (AvgIpc) is 2.85.